The van der Waals surface area contributed by atoms with E-state index < -0.39 is 0 Å². The quantitative estimate of drug-likeness (QED) is 0.478. The van der Waals surface area contributed by atoms with Crippen LogP contribution in [0.3, 0.4) is 0 Å². The van der Waals surface area contributed by atoms with Gasteiger partial charge in [0.15, 0.2) is 0 Å². The van der Waals surface area contributed by atoms with Crippen LogP contribution in [-0.2, 0) is 0 Å². The van der Waals surface area contributed by atoms with E-state index >= 15 is 0 Å². The number of pyridine rings is 2. The fourth-order valence-corrected chi connectivity index (χ4v) is 3.06. The first kappa shape index (κ1) is 17.9. The first-order chi connectivity index (χ1) is 13.6. The predicted molar refractivity (Wildman–Crippen MR) is 113 cm³/mol. The number of carbonyl (C=O) groups excluding carboxylic acids is 1. The molecule has 0 aliphatic carbocycles. The first-order valence-electron chi connectivity index (χ1n) is 8.75. The molecule has 5 nitrogen and oxygen atoms in total. The molecule has 0 aliphatic heterocycles. The molecule has 138 valence electrons. The zero-order valence-electron chi connectivity index (χ0n) is 15.1. The Balaban J connectivity index is 1.52. The maximum absolute atomic E-state index is 12.6. The minimum absolute atomic E-state index is 0.240. The largest absolute Gasteiger partial charge is 0.340 e. The second kappa shape index (κ2) is 7.66. The molecular formula is C22H17ClN4O. The summed E-state index contributed by atoms with van der Waals surface area (Å²) in [6, 6.07) is 18.6. The standard InChI is InChI=1S/C22H17ClN4O/c1-14-17(23)7-3-8-18(14)26-20-11-10-16(13-25-20)22(28)27-19-9-2-5-15-6-4-12-24-21(15)19/h2-13H,1H3,(H,25,26)(H,27,28). The first-order valence-corrected chi connectivity index (χ1v) is 9.13. The number of amides is 1. The minimum Gasteiger partial charge on any atom is -0.340 e. The van der Waals surface area contributed by atoms with E-state index in [0.29, 0.717) is 22.1 Å². The van der Waals surface area contributed by atoms with E-state index in [0.717, 1.165) is 22.2 Å². The summed E-state index contributed by atoms with van der Waals surface area (Å²) in [6.07, 6.45) is 3.24. The van der Waals surface area contributed by atoms with Gasteiger partial charge in [-0.05, 0) is 48.9 Å². The summed E-state index contributed by atoms with van der Waals surface area (Å²) >= 11 is 6.15. The van der Waals surface area contributed by atoms with Crippen LogP contribution in [0.1, 0.15) is 15.9 Å². The molecule has 0 aliphatic rings. The van der Waals surface area contributed by atoms with Gasteiger partial charge in [0, 0.05) is 28.5 Å². The molecule has 2 heterocycles. The lowest BCUT2D eigenvalue weighted by atomic mass is 10.2. The number of fused-ring (bicyclic) bond motifs is 1. The summed E-state index contributed by atoms with van der Waals surface area (Å²) in [5.74, 6) is 0.393. The molecule has 0 unspecified atom stereocenters. The molecule has 2 aromatic heterocycles. The molecule has 0 saturated carbocycles. The number of para-hydroxylation sites is 1. The van der Waals surface area contributed by atoms with Crippen molar-refractivity contribution in [2.24, 2.45) is 0 Å². The van der Waals surface area contributed by atoms with Crippen molar-refractivity contribution in [3.05, 3.63) is 89.2 Å². The summed E-state index contributed by atoms with van der Waals surface area (Å²) in [5.41, 5.74) is 3.69. The molecule has 2 aromatic carbocycles. The molecule has 28 heavy (non-hydrogen) atoms. The van der Waals surface area contributed by atoms with Crippen LogP contribution in [-0.4, -0.2) is 15.9 Å². The molecular weight excluding hydrogens is 372 g/mol. The van der Waals surface area contributed by atoms with E-state index in [2.05, 4.69) is 20.6 Å². The molecule has 0 bridgehead atoms. The van der Waals surface area contributed by atoms with Gasteiger partial charge in [-0.2, -0.15) is 0 Å². The average Bonchev–Trinajstić information content (AvgIpc) is 2.72. The Morgan fingerprint density at radius 1 is 0.929 bits per heavy atom. The third kappa shape index (κ3) is 3.66. The Hall–Kier alpha value is -3.44. The lowest BCUT2D eigenvalue weighted by Crippen LogP contribution is -2.13. The number of benzene rings is 2. The van der Waals surface area contributed by atoms with Gasteiger partial charge in [-0.3, -0.25) is 9.78 Å². The predicted octanol–water partition coefficient (Wildman–Crippen LogP) is 5.59. The van der Waals surface area contributed by atoms with Crippen LogP contribution < -0.4 is 10.6 Å². The smallest absolute Gasteiger partial charge is 0.257 e. The Labute approximate surface area is 167 Å². The molecule has 0 saturated heterocycles. The SMILES string of the molecule is Cc1c(Cl)cccc1Nc1ccc(C(=O)Nc2cccc3cccnc23)cn1. The lowest BCUT2D eigenvalue weighted by Gasteiger charge is -2.11. The number of carbonyl (C=O) groups is 1. The zero-order chi connectivity index (χ0) is 19.5. The van der Waals surface area contributed by atoms with Gasteiger partial charge in [-0.1, -0.05) is 35.9 Å². The van der Waals surface area contributed by atoms with Crippen molar-refractivity contribution in [3.63, 3.8) is 0 Å². The van der Waals surface area contributed by atoms with E-state index in [9.17, 15) is 4.79 Å². The number of nitrogens with zero attached hydrogens (tertiary/aromatic N) is 2. The van der Waals surface area contributed by atoms with Crippen molar-refractivity contribution in [3.8, 4) is 0 Å². The third-order valence-electron chi connectivity index (χ3n) is 4.44. The number of halogens is 1. The van der Waals surface area contributed by atoms with Crippen LogP contribution in [0, 0.1) is 6.92 Å². The highest BCUT2D eigenvalue weighted by Crippen LogP contribution is 2.26. The highest BCUT2D eigenvalue weighted by Gasteiger charge is 2.10. The van der Waals surface area contributed by atoms with Crippen LogP contribution in [0.2, 0.25) is 5.02 Å². The molecule has 0 atom stereocenters. The van der Waals surface area contributed by atoms with Crippen molar-refractivity contribution in [2.45, 2.75) is 6.92 Å². The van der Waals surface area contributed by atoms with Crippen molar-refractivity contribution in [1.29, 1.82) is 0 Å². The number of nitrogens with one attached hydrogen (secondary N) is 2. The van der Waals surface area contributed by atoms with Gasteiger partial charge in [-0.25, -0.2) is 4.98 Å². The van der Waals surface area contributed by atoms with Gasteiger partial charge < -0.3 is 10.6 Å². The number of hydrogen-bond donors (Lipinski definition) is 2. The summed E-state index contributed by atoms with van der Waals surface area (Å²) < 4.78 is 0. The second-order valence-electron chi connectivity index (χ2n) is 6.30. The Bertz CT molecular complexity index is 1150. The van der Waals surface area contributed by atoms with Gasteiger partial charge in [-0.15, -0.1) is 0 Å². The normalized spacial score (nSPS) is 10.6. The fourth-order valence-electron chi connectivity index (χ4n) is 2.88. The van der Waals surface area contributed by atoms with Gasteiger partial charge >= 0.3 is 0 Å². The Morgan fingerprint density at radius 3 is 2.54 bits per heavy atom. The van der Waals surface area contributed by atoms with E-state index in [1.165, 1.54) is 6.20 Å². The minimum atomic E-state index is -0.240. The summed E-state index contributed by atoms with van der Waals surface area (Å²) in [4.78, 5) is 21.3. The van der Waals surface area contributed by atoms with Crippen LogP contribution in [0.25, 0.3) is 10.9 Å². The Morgan fingerprint density at radius 2 is 1.71 bits per heavy atom. The van der Waals surface area contributed by atoms with E-state index in [1.54, 1.807) is 18.3 Å². The lowest BCUT2D eigenvalue weighted by molar-refractivity contribution is 0.102. The monoisotopic (exact) mass is 388 g/mol. The molecule has 4 rings (SSSR count). The van der Waals surface area contributed by atoms with E-state index in [-0.39, 0.29) is 5.91 Å². The van der Waals surface area contributed by atoms with Gasteiger partial charge in [0.2, 0.25) is 0 Å². The Kier molecular flexibility index (Phi) is 4.91. The van der Waals surface area contributed by atoms with E-state index in [1.807, 2.05) is 55.5 Å². The fraction of sp³-hybridized carbons (Fsp3) is 0.0455. The topological polar surface area (TPSA) is 66.9 Å². The number of hydrogen-bond acceptors (Lipinski definition) is 4. The van der Waals surface area contributed by atoms with Crippen LogP contribution in [0.5, 0.6) is 0 Å². The molecule has 1 amide bonds. The summed E-state index contributed by atoms with van der Waals surface area (Å²) in [5, 5.41) is 7.78. The number of anilines is 3. The van der Waals surface area contributed by atoms with Gasteiger partial charge in [0.25, 0.3) is 5.91 Å². The summed E-state index contributed by atoms with van der Waals surface area (Å²) in [6.45, 7) is 1.94. The molecule has 0 fully saturated rings. The molecule has 2 N–H and O–H groups in total. The second-order valence-corrected chi connectivity index (χ2v) is 6.71. The molecule has 4 aromatic rings. The number of rotatable bonds is 4. The van der Waals surface area contributed by atoms with Crippen molar-refractivity contribution < 1.29 is 4.79 Å². The maximum Gasteiger partial charge on any atom is 0.257 e. The van der Waals surface area contributed by atoms with Crippen LogP contribution in [0.4, 0.5) is 17.2 Å². The van der Waals surface area contributed by atoms with Crippen molar-refractivity contribution in [2.75, 3.05) is 10.6 Å². The van der Waals surface area contributed by atoms with Crippen molar-refractivity contribution >= 4 is 45.6 Å². The third-order valence-corrected chi connectivity index (χ3v) is 4.85. The average molecular weight is 389 g/mol. The van der Waals surface area contributed by atoms with Crippen molar-refractivity contribution in [1.82, 2.24) is 9.97 Å². The van der Waals surface area contributed by atoms with E-state index in [4.69, 9.17) is 11.6 Å². The zero-order valence-corrected chi connectivity index (χ0v) is 15.9. The van der Waals surface area contributed by atoms with Gasteiger partial charge in [0.05, 0.1) is 16.8 Å². The highest BCUT2D eigenvalue weighted by molar-refractivity contribution is 6.31. The van der Waals surface area contributed by atoms with Crippen LogP contribution >= 0.6 is 11.6 Å². The highest BCUT2D eigenvalue weighted by atomic mass is 35.5. The number of aromatic nitrogens is 2. The van der Waals surface area contributed by atoms with Gasteiger partial charge in [0.1, 0.15) is 5.82 Å². The maximum atomic E-state index is 12.6. The molecule has 0 radical (unpaired) electrons. The van der Waals surface area contributed by atoms with Crippen LogP contribution in [0.15, 0.2) is 73.1 Å². The molecule has 6 heteroatoms. The summed E-state index contributed by atoms with van der Waals surface area (Å²) in [7, 11) is 0. The molecule has 0 spiro atoms.